The zero-order valence-electron chi connectivity index (χ0n) is 15.4. The van der Waals surface area contributed by atoms with Crippen LogP contribution in [0.25, 0.3) is 0 Å². The van der Waals surface area contributed by atoms with Gasteiger partial charge in [0.15, 0.2) is 0 Å². The molecular weight excluding hydrogens is 336 g/mol. The van der Waals surface area contributed by atoms with E-state index >= 15 is 0 Å². The highest BCUT2D eigenvalue weighted by Crippen LogP contribution is 2.34. The third-order valence-electron chi connectivity index (χ3n) is 5.08. The summed E-state index contributed by atoms with van der Waals surface area (Å²) in [6, 6.07) is 8.54. The van der Waals surface area contributed by atoms with Crippen LogP contribution in [0.3, 0.4) is 0 Å². The fraction of sp³-hybridized carbons (Fsp3) is 0.500. The molecule has 7 heteroatoms. The molecule has 1 aromatic heterocycles. The van der Waals surface area contributed by atoms with Crippen molar-refractivity contribution in [1.82, 2.24) is 19.4 Å². The van der Waals surface area contributed by atoms with Crippen LogP contribution in [0.15, 0.2) is 29.2 Å². The van der Waals surface area contributed by atoms with Crippen molar-refractivity contribution in [3.05, 3.63) is 46.8 Å². The maximum absolute atomic E-state index is 13.2. The molecular formula is C18H26N4O2S. The summed E-state index contributed by atoms with van der Waals surface area (Å²) in [5, 5.41) is 6.84. The average molecular weight is 362 g/mol. The number of sulfonamides is 1. The van der Waals surface area contributed by atoms with Gasteiger partial charge in [-0.15, -0.1) is 0 Å². The van der Waals surface area contributed by atoms with E-state index in [1.54, 1.807) is 18.2 Å². The molecule has 1 saturated heterocycles. The maximum atomic E-state index is 13.2. The topological polar surface area (TPSA) is 69.3 Å². The van der Waals surface area contributed by atoms with Gasteiger partial charge in [-0.1, -0.05) is 29.8 Å². The molecule has 1 N–H and O–H groups in total. The Kier molecular flexibility index (Phi) is 4.74. The lowest BCUT2D eigenvalue weighted by atomic mass is 9.93. The van der Waals surface area contributed by atoms with Crippen molar-refractivity contribution < 1.29 is 8.42 Å². The lowest BCUT2D eigenvalue weighted by Crippen LogP contribution is -2.36. The van der Waals surface area contributed by atoms with Crippen LogP contribution in [0.5, 0.6) is 0 Å². The summed E-state index contributed by atoms with van der Waals surface area (Å²) in [7, 11) is 0.461. The summed E-state index contributed by atoms with van der Waals surface area (Å²) in [5.41, 5.74) is 3.51. The fourth-order valence-electron chi connectivity index (χ4n) is 3.66. The highest BCUT2D eigenvalue weighted by atomic mass is 32.2. The molecule has 2 aromatic rings. The molecule has 1 aromatic carbocycles. The van der Waals surface area contributed by atoms with Crippen LogP contribution in [0.2, 0.25) is 0 Å². The number of likely N-dealkylation sites (N-methyl/N-ethyl adjacent to an activating group) is 1. The van der Waals surface area contributed by atoms with Crippen LogP contribution in [0.4, 0.5) is 0 Å². The van der Waals surface area contributed by atoms with Crippen LogP contribution >= 0.6 is 0 Å². The normalized spacial score (nSPS) is 22.0. The summed E-state index contributed by atoms with van der Waals surface area (Å²) in [5.74, 6) is 0.151. The summed E-state index contributed by atoms with van der Waals surface area (Å²) in [6.45, 7) is 6.51. The third-order valence-corrected chi connectivity index (χ3v) is 7.18. The molecule has 2 atom stereocenters. The molecule has 25 heavy (non-hydrogen) atoms. The highest BCUT2D eigenvalue weighted by Gasteiger charge is 2.42. The Morgan fingerprint density at radius 2 is 1.76 bits per heavy atom. The molecule has 3 rings (SSSR count). The number of aryl methyl sites for hydroxylation is 3. The SMILES string of the molecule is Cc1ccc([C@@H]2CN(S(=O)(=O)c3c(C)n[nH]c3C)C[C@H]2N(C)C)cc1. The van der Waals surface area contributed by atoms with E-state index in [0.29, 0.717) is 29.4 Å². The molecule has 136 valence electrons. The molecule has 6 nitrogen and oxygen atoms in total. The second-order valence-corrected chi connectivity index (χ2v) is 9.01. The summed E-state index contributed by atoms with van der Waals surface area (Å²) in [6.07, 6.45) is 0. The Bertz CT molecular complexity index is 836. The first-order valence-electron chi connectivity index (χ1n) is 8.46. The second-order valence-electron chi connectivity index (χ2n) is 7.13. The molecule has 0 radical (unpaired) electrons. The maximum Gasteiger partial charge on any atom is 0.246 e. The number of hydrogen-bond donors (Lipinski definition) is 1. The average Bonchev–Trinajstić information content (AvgIpc) is 3.13. The number of H-pyrrole nitrogens is 1. The largest absolute Gasteiger partial charge is 0.304 e. The van der Waals surface area contributed by atoms with Crippen molar-refractivity contribution in [2.24, 2.45) is 0 Å². The van der Waals surface area contributed by atoms with Gasteiger partial charge in [0.25, 0.3) is 0 Å². The van der Waals surface area contributed by atoms with Crippen LogP contribution in [-0.2, 0) is 10.0 Å². The summed E-state index contributed by atoms with van der Waals surface area (Å²) < 4.78 is 28.0. The van der Waals surface area contributed by atoms with E-state index in [1.807, 2.05) is 14.1 Å². The third kappa shape index (κ3) is 3.23. The molecule has 1 aliphatic heterocycles. The molecule has 0 bridgehead atoms. The molecule has 0 unspecified atom stereocenters. The Morgan fingerprint density at radius 3 is 2.28 bits per heavy atom. The zero-order chi connectivity index (χ0) is 18.4. The molecule has 1 aliphatic rings. The van der Waals surface area contributed by atoms with Gasteiger partial charge < -0.3 is 4.90 Å². The van der Waals surface area contributed by atoms with Gasteiger partial charge in [-0.3, -0.25) is 5.10 Å². The Morgan fingerprint density at radius 1 is 1.12 bits per heavy atom. The number of rotatable bonds is 4. The predicted molar refractivity (Wildman–Crippen MR) is 98.2 cm³/mol. The van der Waals surface area contributed by atoms with Crippen LogP contribution in [0.1, 0.15) is 28.4 Å². The van der Waals surface area contributed by atoms with Crippen molar-refractivity contribution in [2.45, 2.75) is 37.6 Å². The van der Waals surface area contributed by atoms with Gasteiger partial charge in [-0.2, -0.15) is 9.40 Å². The predicted octanol–water partition coefficient (Wildman–Crippen LogP) is 2.05. The molecule has 1 fully saturated rings. The number of aromatic amines is 1. The molecule has 0 spiro atoms. The van der Waals surface area contributed by atoms with Crippen molar-refractivity contribution in [3.8, 4) is 0 Å². The Hall–Kier alpha value is -1.70. The van der Waals surface area contributed by atoms with Gasteiger partial charge in [0.1, 0.15) is 4.90 Å². The minimum Gasteiger partial charge on any atom is -0.304 e. The van der Waals surface area contributed by atoms with Crippen molar-refractivity contribution in [3.63, 3.8) is 0 Å². The monoisotopic (exact) mass is 362 g/mol. The van der Waals surface area contributed by atoms with Gasteiger partial charge in [-0.25, -0.2) is 8.42 Å². The first-order chi connectivity index (χ1) is 11.7. The van der Waals surface area contributed by atoms with E-state index in [2.05, 4.69) is 46.3 Å². The second kappa shape index (κ2) is 6.55. The lowest BCUT2D eigenvalue weighted by molar-refractivity contribution is 0.285. The van der Waals surface area contributed by atoms with E-state index in [0.717, 1.165) is 0 Å². The molecule has 2 heterocycles. The van der Waals surface area contributed by atoms with Crippen LogP contribution < -0.4 is 0 Å². The van der Waals surface area contributed by atoms with Crippen LogP contribution in [0, 0.1) is 20.8 Å². The first-order valence-corrected chi connectivity index (χ1v) is 9.90. The molecule has 0 aliphatic carbocycles. The number of benzene rings is 1. The van der Waals surface area contributed by atoms with Gasteiger partial charge >= 0.3 is 0 Å². The standard InChI is InChI=1S/C18H26N4O2S/c1-12-6-8-15(9-7-12)16-10-22(11-17(16)21(4)5)25(23,24)18-13(2)19-20-14(18)3/h6-9,16-17H,10-11H2,1-5H3,(H,19,20)/t16-,17+/m0/s1. The lowest BCUT2D eigenvalue weighted by Gasteiger charge is -2.25. The van der Waals surface area contributed by atoms with E-state index in [4.69, 9.17) is 0 Å². The molecule has 0 amide bonds. The number of aromatic nitrogens is 2. The smallest absolute Gasteiger partial charge is 0.246 e. The minimum atomic E-state index is -3.56. The van der Waals surface area contributed by atoms with Gasteiger partial charge in [-0.05, 0) is 40.4 Å². The first kappa shape index (κ1) is 18.1. The molecule has 0 saturated carbocycles. The van der Waals surface area contributed by atoms with Gasteiger partial charge in [0.05, 0.1) is 11.4 Å². The fourth-order valence-corrected chi connectivity index (χ4v) is 5.48. The minimum absolute atomic E-state index is 0.144. The van der Waals surface area contributed by atoms with Gasteiger partial charge in [0, 0.05) is 25.0 Å². The number of nitrogens with one attached hydrogen (secondary N) is 1. The van der Waals surface area contributed by atoms with Crippen molar-refractivity contribution >= 4 is 10.0 Å². The summed E-state index contributed by atoms with van der Waals surface area (Å²) >= 11 is 0. The van der Waals surface area contributed by atoms with Gasteiger partial charge in [0.2, 0.25) is 10.0 Å². The van der Waals surface area contributed by atoms with E-state index in [9.17, 15) is 8.42 Å². The van der Waals surface area contributed by atoms with Crippen molar-refractivity contribution in [2.75, 3.05) is 27.2 Å². The summed E-state index contributed by atoms with van der Waals surface area (Å²) in [4.78, 5) is 2.43. The van der Waals surface area contributed by atoms with Crippen LogP contribution in [-0.4, -0.2) is 61.0 Å². The van der Waals surface area contributed by atoms with E-state index in [-0.39, 0.29) is 12.0 Å². The van der Waals surface area contributed by atoms with E-state index < -0.39 is 10.0 Å². The number of hydrogen-bond acceptors (Lipinski definition) is 4. The zero-order valence-corrected chi connectivity index (χ0v) is 16.3. The quantitative estimate of drug-likeness (QED) is 0.904. The highest BCUT2D eigenvalue weighted by molar-refractivity contribution is 7.89. The van der Waals surface area contributed by atoms with Crippen molar-refractivity contribution in [1.29, 1.82) is 0 Å². The van der Waals surface area contributed by atoms with E-state index in [1.165, 1.54) is 11.1 Å². The number of nitrogens with zero attached hydrogens (tertiary/aromatic N) is 3. The Balaban J connectivity index is 1.96. The Labute approximate surface area is 149 Å².